The molecular weight excluding hydrogens is 538 g/mol. The van der Waals surface area contributed by atoms with E-state index < -0.39 is 17.8 Å². The number of hydrogen-bond acceptors (Lipinski definition) is 6. The summed E-state index contributed by atoms with van der Waals surface area (Å²) < 4.78 is 17.4. The summed E-state index contributed by atoms with van der Waals surface area (Å²) >= 11 is 0. The second-order valence-corrected chi connectivity index (χ2v) is 12.2. The van der Waals surface area contributed by atoms with Crippen molar-refractivity contribution in [1.29, 1.82) is 0 Å². The molecule has 0 spiro atoms. The van der Waals surface area contributed by atoms with Gasteiger partial charge in [0.05, 0.1) is 24.9 Å². The van der Waals surface area contributed by atoms with Gasteiger partial charge in [-0.05, 0) is 66.0 Å². The van der Waals surface area contributed by atoms with Gasteiger partial charge in [0.25, 0.3) is 0 Å². The van der Waals surface area contributed by atoms with Gasteiger partial charge in [-0.25, -0.2) is 4.79 Å². The first-order chi connectivity index (χ1) is 20.8. The molecule has 0 N–H and O–H groups in total. The largest absolute Gasteiger partial charge is 0.491 e. The maximum Gasteiger partial charge on any atom is 0.336 e. The smallest absolute Gasteiger partial charge is 0.336 e. The van der Waals surface area contributed by atoms with E-state index in [2.05, 4.69) is 18.0 Å². The molecule has 0 aliphatic carbocycles. The van der Waals surface area contributed by atoms with E-state index >= 15 is 0 Å². The summed E-state index contributed by atoms with van der Waals surface area (Å²) in [5.41, 5.74) is 3.61. The van der Waals surface area contributed by atoms with Gasteiger partial charge in [-0.2, -0.15) is 0 Å². The summed E-state index contributed by atoms with van der Waals surface area (Å²) in [5.74, 6) is -1.45. The van der Waals surface area contributed by atoms with Crippen LogP contribution < -0.4 is 4.74 Å². The molecule has 0 bridgehead atoms. The molecule has 1 aromatic rings. The lowest BCUT2D eigenvalue weighted by Gasteiger charge is -2.34. The van der Waals surface area contributed by atoms with E-state index in [1.807, 2.05) is 39.8 Å². The van der Waals surface area contributed by atoms with Crippen molar-refractivity contribution in [3.63, 3.8) is 0 Å². The molecular formula is C37H59NO5. The number of unbranched alkanes of at least 4 members (excludes halogenated alkanes) is 12. The molecule has 1 aliphatic heterocycles. The van der Waals surface area contributed by atoms with Gasteiger partial charge < -0.3 is 14.2 Å². The number of esters is 2. The maximum absolute atomic E-state index is 13.4. The third kappa shape index (κ3) is 11.8. The third-order valence-corrected chi connectivity index (χ3v) is 8.24. The number of allylic oxidation sites excluding steroid dienone is 1. The fraction of sp³-hybridized carbons (Fsp3) is 0.703. The van der Waals surface area contributed by atoms with E-state index in [4.69, 9.17) is 14.2 Å². The zero-order chi connectivity index (χ0) is 31.6. The summed E-state index contributed by atoms with van der Waals surface area (Å²) in [6.07, 6.45) is 17.7. The molecule has 43 heavy (non-hydrogen) atoms. The average Bonchev–Trinajstić information content (AvgIpc) is 2.95. The van der Waals surface area contributed by atoms with E-state index in [1.54, 1.807) is 13.8 Å². The topological polar surface area (TPSA) is 74.2 Å². The maximum atomic E-state index is 13.4. The second kappa shape index (κ2) is 20.3. The minimum Gasteiger partial charge on any atom is -0.491 e. The Labute approximate surface area is 262 Å². The molecule has 0 fully saturated rings. The zero-order valence-corrected chi connectivity index (χ0v) is 28.3. The van der Waals surface area contributed by atoms with Crippen molar-refractivity contribution in [3.05, 3.63) is 40.6 Å². The number of aliphatic imine (C=N–C) groups is 1. The molecule has 0 radical (unpaired) electrons. The van der Waals surface area contributed by atoms with E-state index in [0.717, 1.165) is 30.4 Å². The van der Waals surface area contributed by atoms with Crippen LogP contribution in [0.1, 0.15) is 149 Å². The lowest BCUT2D eigenvalue weighted by Crippen LogP contribution is -2.37. The van der Waals surface area contributed by atoms with E-state index in [-0.39, 0.29) is 25.3 Å². The van der Waals surface area contributed by atoms with Gasteiger partial charge in [0, 0.05) is 22.9 Å². The molecule has 6 heteroatoms. The number of nitrogens with zero attached hydrogens (tertiary/aromatic N) is 1. The number of hydrogen-bond donors (Lipinski definition) is 0. The van der Waals surface area contributed by atoms with Crippen molar-refractivity contribution in [3.8, 4) is 5.75 Å². The Hall–Kier alpha value is -2.63. The quantitative estimate of drug-likeness (QED) is 0.104. The van der Waals surface area contributed by atoms with Gasteiger partial charge in [-0.15, -0.1) is 0 Å². The van der Waals surface area contributed by atoms with Crippen LogP contribution in [0.5, 0.6) is 5.75 Å². The van der Waals surface area contributed by atoms with Crippen molar-refractivity contribution in [2.24, 2.45) is 10.9 Å². The minimum atomic E-state index is -0.731. The predicted octanol–water partition coefficient (Wildman–Crippen LogP) is 9.68. The molecule has 1 heterocycles. The number of carbonyl (C=O) groups is 2. The fourth-order valence-electron chi connectivity index (χ4n) is 6.21. The summed E-state index contributed by atoms with van der Waals surface area (Å²) in [6.45, 7) is 14.0. The van der Waals surface area contributed by atoms with Crippen LogP contribution in [-0.4, -0.2) is 37.0 Å². The molecule has 0 saturated carbocycles. The lowest BCUT2D eigenvalue weighted by molar-refractivity contribution is -0.146. The van der Waals surface area contributed by atoms with Crippen molar-refractivity contribution in [2.75, 3.05) is 13.2 Å². The molecule has 1 aliphatic rings. The Kier molecular flexibility index (Phi) is 17.3. The number of rotatable bonds is 21. The highest BCUT2D eigenvalue weighted by molar-refractivity contribution is 6.07. The number of aryl methyl sites for hydroxylation is 1. The van der Waals surface area contributed by atoms with Gasteiger partial charge in [-0.3, -0.25) is 9.79 Å². The molecule has 2 unspecified atom stereocenters. The van der Waals surface area contributed by atoms with Crippen LogP contribution in [0, 0.1) is 5.92 Å². The fourth-order valence-corrected chi connectivity index (χ4v) is 6.21. The summed E-state index contributed by atoms with van der Waals surface area (Å²) in [4.78, 5) is 31.5. The van der Waals surface area contributed by atoms with Crippen LogP contribution in [0.15, 0.2) is 34.5 Å². The first-order valence-electron chi connectivity index (χ1n) is 17.1. The second-order valence-electron chi connectivity index (χ2n) is 12.2. The highest BCUT2D eigenvalue weighted by Gasteiger charge is 2.44. The van der Waals surface area contributed by atoms with Crippen LogP contribution >= 0.6 is 0 Å². The monoisotopic (exact) mass is 597 g/mol. The SMILES string of the molecule is CCCCCCCCCCCCCCCc1cccc(OC(C)C)c1C1C(C(=O)OCC)=C(C)N=C(C)C1C(=O)OCC. The Bertz CT molecular complexity index is 1060. The van der Waals surface area contributed by atoms with Crippen LogP contribution in [0.25, 0.3) is 0 Å². The molecule has 0 saturated heterocycles. The van der Waals surface area contributed by atoms with Crippen LogP contribution in [0.4, 0.5) is 0 Å². The highest BCUT2D eigenvalue weighted by Crippen LogP contribution is 2.45. The molecule has 0 amide bonds. The molecule has 2 atom stereocenters. The zero-order valence-electron chi connectivity index (χ0n) is 28.3. The van der Waals surface area contributed by atoms with Gasteiger partial charge in [-0.1, -0.05) is 96.1 Å². The normalized spacial score (nSPS) is 16.8. The molecule has 242 valence electrons. The number of benzene rings is 1. The van der Waals surface area contributed by atoms with E-state index in [0.29, 0.717) is 22.7 Å². The first-order valence-corrected chi connectivity index (χ1v) is 17.1. The third-order valence-electron chi connectivity index (χ3n) is 8.24. The Morgan fingerprint density at radius 2 is 1.35 bits per heavy atom. The van der Waals surface area contributed by atoms with E-state index in [1.165, 1.54) is 70.6 Å². The summed E-state index contributed by atoms with van der Waals surface area (Å²) in [5, 5.41) is 0. The van der Waals surface area contributed by atoms with Gasteiger partial charge in [0.1, 0.15) is 11.7 Å². The van der Waals surface area contributed by atoms with Crippen molar-refractivity contribution >= 4 is 17.7 Å². The Morgan fingerprint density at radius 1 is 0.791 bits per heavy atom. The standard InChI is InChI=1S/C37H59NO5/c1-8-11-12-13-14-15-16-17-18-19-20-21-22-24-30-25-23-26-31(43-27(4)5)34(30)35-32(36(39)41-9-2)28(6)38-29(7)33(35)37(40)42-10-3/h23,25-27,32,35H,8-22,24H2,1-7H3. The Morgan fingerprint density at radius 3 is 1.88 bits per heavy atom. The Balaban J connectivity index is 2.21. The van der Waals surface area contributed by atoms with Crippen LogP contribution in [0.3, 0.4) is 0 Å². The van der Waals surface area contributed by atoms with Crippen LogP contribution in [-0.2, 0) is 25.5 Å². The van der Waals surface area contributed by atoms with E-state index in [9.17, 15) is 9.59 Å². The molecule has 2 rings (SSSR count). The lowest BCUT2D eigenvalue weighted by atomic mass is 9.73. The summed E-state index contributed by atoms with van der Waals surface area (Å²) in [7, 11) is 0. The van der Waals surface area contributed by atoms with Crippen molar-refractivity contribution in [1.82, 2.24) is 0 Å². The molecule has 1 aromatic carbocycles. The first kappa shape index (κ1) is 36.6. The van der Waals surface area contributed by atoms with Crippen molar-refractivity contribution in [2.45, 2.75) is 150 Å². The van der Waals surface area contributed by atoms with Crippen LogP contribution in [0.2, 0.25) is 0 Å². The number of ether oxygens (including phenoxy) is 3. The predicted molar refractivity (Wildman–Crippen MR) is 177 cm³/mol. The minimum absolute atomic E-state index is 0.0686. The number of carbonyl (C=O) groups excluding carboxylic acids is 2. The van der Waals surface area contributed by atoms with Crippen molar-refractivity contribution < 1.29 is 23.8 Å². The van der Waals surface area contributed by atoms with Gasteiger partial charge in [0.15, 0.2) is 0 Å². The molecule has 6 nitrogen and oxygen atoms in total. The van der Waals surface area contributed by atoms with Gasteiger partial charge in [0.2, 0.25) is 0 Å². The molecule has 0 aromatic heterocycles. The van der Waals surface area contributed by atoms with Gasteiger partial charge >= 0.3 is 11.9 Å². The highest BCUT2D eigenvalue weighted by atomic mass is 16.5. The average molecular weight is 598 g/mol. The summed E-state index contributed by atoms with van der Waals surface area (Å²) in [6, 6.07) is 6.08.